The number of piperidine rings is 1. The molecule has 4 heteroatoms. The number of carbonyl (C=O) groups excluding carboxylic acids is 1. The van der Waals surface area contributed by atoms with Crippen molar-refractivity contribution in [3.63, 3.8) is 0 Å². The van der Waals surface area contributed by atoms with Crippen LogP contribution in [0.5, 0.6) is 5.75 Å². The molecule has 2 N–H and O–H groups in total. The van der Waals surface area contributed by atoms with E-state index in [9.17, 15) is 4.79 Å². The molecule has 2 atom stereocenters. The Bertz CT molecular complexity index is 487. The standard InChI is InChI=1S/C14H18N2O2/c1-18-13-5-3-10(7-12(13)15)14(17)16-8-9-2-4-11(16)6-9/h3,5,7,9,11H,2,4,6,8,15H2,1H3. The molecule has 2 unspecified atom stereocenters. The molecule has 0 radical (unpaired) electrons. The van der Waals surface area contributed by atoms with Crippen molar-refractivity contribution in [3.8, 4) is 5.75 Å². The van der Waals surface area contributed by atoms with Crippen LogP contribution >= 0.6 is 0 Å². The van der Waals surface area contributed by atoms with Gasteiger partial charge >= 0.3 is 0 Å². The van der Waals surface area contributed by atoms with Crippen LogP contribution in [0.1, 0.15) is 29.6 Å². The molecule has 4 nitrogen and oxygen atoms in total. The van der Waals surface area contributed by atoms with Gasteiger partial charge in [-0.25, -0.2) is 0 Å². The van der Waals surface area contributed by atoms with Gasteiger partial charge in [0.2, 0.25) is 0 Å². The number of hydrogen-bond acceptors (Lipinski definition) is 3. The van der Waals surface area contributed by atoms with E-state index >= 15 is 0 Å². The van der Waals surface area contributed by atoms with Crippen LogP contribution in [0.3, 0.4) is 0 Å². The maximum Gasteiger partial charge on any atom is 0.254 e. The molecule has 2 fully saturated rings. The number of rotatable bonds is 2. The highest BCUT2D eigenvalue weighted by Crippen LogP contribution is 2.38. The lowest BCUT2D eigenvalue weighted by molar-refractivity contribution is 0.0703. The largest absolute Gasteiger partial charge is 0.495 e. The SMILES string of the molecule is COc1ccc(C(=O)N2CC3CCC2C3)cc1N. The Labute approximate surface area is 107 Å². The topological polar surface area (TPSA) is 55.6 Å². The van der Waals surface area contributed by atoms with Gasteiger partial charge in [0.05, 0.1) is 12.8 Å². The number of anilines is 1. The third-order valence-electron chi connectivity index (χ3n) is 4.15. The second-order valence-corrected chi connectivity index (χ2v) is 5.25. The maximum absolute atomic E-state index is 12.4. The van der Waals surface area contributed by atoms with E-state index < -0.39 is 0 Å². The number of ether oxygens (including phenoxy) is 1. The lowest BCUT2D eigenvalue weighted by atomic mass is 10.1. The Morgan fingerprint density at radius 1 is 1.44 bits per heavy atom. The highest BCUT2D eigenvalue weighted by atomic mass is 16.5. The van der Waals surface area contributed by atoms with E-state index in [0.717, 1.165) is 18.9 Å². The minimum Gasteiger partial charge on any atom is -0.495 e. The number of nitrogens with zero attached hydrogens (tertiary/aromatic N) is 1. The summed E-state index contributed by atoms with van der Waals surface area (Å²) in [7, 11) is 1.58. The van der Waals surface area contributed by atoms with Gasteiger partial charge in [-0.3, -0.25) is 4.79 Å². The van der Waals surface area contributed by atoms with E-state index in [2.05, 4.69) is 0 Å². The number of nitrogen functional groups attached to an aromatic ring is 1. The van der Waals surface area contributed by atoms with Crippen molar-refractivity contribution in [2.45, 2.75) is 25.3 Å². The summed E-state index contributed by atoms with van der Waals surface area (Å²) in [5.41, 5.74) is 7.04. The first kappa shape index (κ1) is 11.4. The molecule has 2 aliphatic rings. The van der Waals surface area contributed by atoms with Crippen molar-refractivity contribution in [2.75, 3.05) is 19.4 Å². The van der Waals surface area contributed by atoms with Gasteiger partial charge in [-0.05, 0) is 43.4 Å². The molecule has 1 aliphatic carbocycles. The monoisotopic (exact) mass is 246 g/mol. The molecule has 0 spiro atoms. The van der Waals surface area contributed by atoms with Crippen LogP contribution in [0.4, 0.5) is 5.69 Å². The normalized spacial score (nSPS) is 25.5. The minimum atomic E-state index is 0.108. The number of nitrogens with two attached hydrogens (primary N) is 1. The number of fused-ring (bicyclic) bond motifs is 2. The molecule has 96 valence electrons. The molecular weight excluding hydrogens is 228 g/mol. The summed E-state index contributed by atoms with van der Waals surface area (Å²) in [6.45, 7) is 0.912. The second kappa shape index (κ2) is 4.19. The number of methoxy groups -OCH3 is 1. The van der Waals surface area contributed by atoms with Crippen molar-refractivity contribution in [3.05, 3.63) is 23.8 Å². The van der Waals surface area contributed by atoms with Gasteiger partial charge in [0.1, 0.15) is 5.75 Å². The Balaban J connectivity index is 1.82. The van der Waals surface area contributed by atoms with Crippen LogP contribution < -0.4 is 10.5 Å². The first-order valence-corrected chi connectivity index (χ1v) is 6.43. The molecule has 1 aromatic carbocycles. The van der Waals surface area contributed by atoms with Crippen molar-refractivity contribution >= 4 is 11.6 Å². The summed E-state index contributed by atoms with van der Waals surface area (Å²) < 4.78 is 5.10. The molecule has 1 amide bonds. The molecule has 1 aliphatic heterocycles. The number of hydrogen-bond donors (Lipinski definition) is 1. The van der Waals surface area contributed by atoms with Gasteiger partial charge in [0.25, 0.3) is 5.91 Å². The van der Waals surface area contributed by atoms with Crippen molar-refractivity contribution < 1.29 is 9.53 Å². The second-order valence-electron chi connectivity index (χ2n) is 5.25. The first-order chi connectivity index (χ1) is 8.69. The zero-order valence-corrected chi connectivity index (χ0v) is 10.6. The third kappa shape index (κ3) is 1.72. The highest BCUT2D eigenvalue weighted by molar-refractivity contribution is 5.96. The molecule has 0 aromatic heterocycles. The van der Waals surface area contributed by atoms with Crippen LogP contribution in [0.15, 0.2) is 18.2 Å². The smallest absolute Gasteiger partial charge is 0.254 e. The fourth-order valence-corrected chi connectivity index (χ4v) is 3.21. The minimum absolute atomic E-state index is 0.108. The number of amides is 1. The lowest BCUT2D eigenvalue weighted by Gasteiger charge is -2.27. The highest BCUT2D eigenvalue weighted by Gasteiger charge is 2.40. The van der Waals surface area contributed by atoms with Crippen molar-refractivity contribution in [1.29, 1.82) is 0 Å². The first-order valence-electron chi connectivity index (χ1n) is 6.43. The fraction of sp³-hybridized carbons (Fsp3) is 0.500. The van der Waals surface area contributed by atoms with Crippen molar-refractivity contribution in [1.82, 2.24) is 4.90 Å². The Kier molecular flexibility index (Phi) is 2.65. The average Bonchev–Trinajstić information content (AvgIpc) is 3.00. The maximum atomic E-state index is 12.4. The van der Waals surface area contributed by atoms with Crippen LogP contribution in [0.2, 0.25) is 0 Å². The summed E-state index contributed by atoms with van der Waals surface area (Å²) >= 11 is 0. The lowest BCUT2D eigenvalue weighted by Crippen LogP contribution is -2.37. The van der Waals surface area contributed by atoms with Crippen molar-refractivity contribution in [2.24, 2.45) is 5.92 Å². The van der Waals surface area contributed by atoms with Gasteiger partial charge in [0, 0.05) is 18.2 Å². The zero-order chi connectivity index (χ0) is 12.7. The average molecular weight is 246 g/mol. The predicted molar refractivity (Wildman–Crippen MR) is 69.6 cm³/mol. The predicted octanol–water partition coefficient (Wildman–Crippen LogP) is 1.90. The van der Waals surface area contributed by atoms with E-state index in [-0.39, 0.29) is 5.91 Å². The number of likely N-dealkylation sites (tertiary alicyclic amines) is 1. The quantitative estimate of drug-likeness (QED) is 0.811. The van der Waals surface area contributed by atoms with Gasteiger partial charge in [-0.2, -0.15) is 0 Å². The molecule has 1 aromatic rings. The van der Waals surface area contributed by atoms with Crippen LogP contribution in [0, 0.1) is 5.92 Å². The summed E-state index contributed by atoms with van der Waals surface area (Å²) in [6, 6.07) is 5.72. The van der Waals surface area contributed by atoms with Gasteiger partial charge in [-0.15, -0.1) is 0 Å². The Morgan fingerprint density at radius 2 is 2.28 bits per heavy atom. The van der Waals surface area contributed by atoms with Gasteiger partial charge < -0.3 is 15.4 Å². The van der Waals surface area contributed by atoms with E-state index in [1.165, 1.54) is 12.8 Å². The van der Waals surface area contributed by atoms with E-state index in [1.54, 1.807) is 25.3 Å². The Morgan fingerprint density at radius 3 is 2.83 bits per heavy atom. The molecule has 1 saturated heterocycles. The summed E-state index contributed by atoms with van der Waals surface area (Å²) in [5, 5.41) is 0. The number of carbonyl (C=O) groups is 1. The fourth-order valence-electron chi connectivity index (χ4n) is 3.21. The Hall–Kier alpha value is -1.71. The summed E-state index contributed by atoms with van der Waals surface area (Å²) in [4.78, 5) is 14.4. The molecule has 18 heavy (non-hydrogen) atoms. The van der Waals surface area contributed by atoms with Gasteiger partial charge in [-0.1, -0.05) is 0 Å². The molecule has 2 bridgehead atoms. The van der Waals surface area contributed by atoms with Crippen LogP contribution in [0.25, 0.3) is 0 Å². The molecule has 1 saturated carbocycles. The molecular formula is C14H18N2O2. The van der Waals surface area contributed by atoms with E-state index in [4.69, 9.17) is 10.5 Å². The molecule has 1 heterocycles. The van der Waals surface area contributed by atoms with E-state index in [1.807, 2.05) is 4.90 Å². The third-order valence-corrected chi connectivity index (χ3v) is 4.15. The number of benzene rings is 1. The summed E-state index contributed by atoms with van der Waals surface area (Å²) in [6.07, 6.45) is 3.61. The van der Waals surface area contributed by atoms with Crippen LogP contribution in [-0.4, -0.2) is 30.5 Å². The molecule has 3 rings (SSSR count). The summed E-state index contributed by atoms with van der Waals surface area (Å²) in [5.74, 6) is 1.44. The van der Waals surface area contributed by atoms with Gasteiger partial charge in [0.15, 0.2) is 0 Å². The zero-order valence-electron chi connectivity index (χ0n) is 10.6. The van der Waals surface area contributed by atoms with E-state index in [0.29, 0.717) is 23.0 Å². The van der Waals surface area contributed by atoms with Crippen LogP contribution in [-0.2, 0) is 0 Å².